The van der Waals surface area contributed by atoms with E-state index in [9.17, 15) is 5.11 Å². The van der Waals surface area contributed by atoms with Crippen LogP contribution in [0.1, 0.15) is 43.4 Å². The normalized spacial score (nSPS) is 23.1. The lowest BCUT2D eigenvalue weighted by Gasteiger charge is -2.30. The van der Waals surface area contributed by atoms with E-state index in [4.69, 9.17) is 4.42 Å². The van der Waals surface area contributed by atoms with Crippen molar-refractivity contribution >= 4 is 5.95 Å². The molecule has 0 aliphatic carbocycles. The molecule has 0 spiro atoms. The van der Waals surface area contributed by atoms with Crippen LogP contribution in [0.2, 0.25) is 0 Å². The van der Waals surface area contributed by atoms with Crippen molar-refractivity contribution in [1.82, 2.24) is 25.1 Å². The summed E-state index contributed by atoms with van der Waals surface area (Å²) in [5, 5.41) is 18.2. The van der Waals surface area contributed by atoms with Crippen LogP contribution in [-0.2, 0) is 6.54 Å². The molecule has 0 unspecified atom stereocenters. The second-order valence-corrected chi connectivity index (χ2v) is 6.88. The quantitative estimate of drug-likeness (QED) is 0.885. The molecule has 0 aromatic carbocycles. The van der Waals surface area contributed by atoms with E-state index in [1.165, 1.54) is 0 Å². The molecule has 8 nitrogen and oxygen atoms in total. The van der Waals surface area contributed by atoms with Gasteiger partial charge in [0.1, 0.15) is 0 Å². The van der Waals surface area contributed by atoms with E-state index in [2.05, 4.69) is 30.0 Å². The number of anilines is 1. The van der Waals surface area contributed by atoms with Gasteiger partial charge >= 0.3 is 0 Å². The Labute approximate surface area is 146 Å². The van der Waals surface area contributed by atoms with E-state index in [0.717, 1.165) is 57.2 Å². The molecule has 2 aromatic rings. The molecule has 4 heterocycles. The van der Waals surface area contributed by atoms with Crippen molar-refractivity contribution in [2.45, 2.75) is 44.2 Å². The summed E-state index contributed by atoms with van der Waals surface area (Å²) in [5.74, 6) is 2.48. The summed E-state index contributed by atoms with van der Waals surface area (Å²) in [6, 6.07) is 1.83. The summed E-state index contributed by atoms with van der Waals surface area (Å²) in [4.78, 5) is 13.0. The predicted molar refractivity (Wildman–Crippen MR) is 91.0 cm³/mol. The lowest BCUT2D eigenvalue weighted by atomic mass is 9.97. The van der Waals surface area contributed by atoms with E-state index in [1.807, 2.05) is 6.07 Å². The van der Waals surface area contributed by atoms with Crippen molar-refractivity contribution in [1.29, 1.82) is 0 Å². The Morgan fingerprint density at radius 2 is 1.88 bits per heavy atom. The molecular weight excluding hydrogens is 320 g/mol. The van der Waals surface area contributed by atoms with Crippen LogP contribution in [-0.4, -0.2) is 62.5 Å². The molecule has 8 heteroatoms. The van der Waals surface area contributed by atoms with E-state index in [-0.39, 0.29) is 6.10 Å². The minimum atomic E-state index is -0.235. The fraction of sp³-hybridized carbons (Fsp3) is 0.647. The molecule has 2 aromatic heterocycles. The number of nitrogens with zero attached hydrogens (tertiary/aromatic N) is 6. The van der Waals surface area contributed by atoms with Gasteiger partial charge in [0.25, 0.3) is 0 Å². The van der Waals surface area contributed by atoms with Crippen molar-refractivity contribution in [3.8, 4) is 0 Å². The molecule has 2 fully saturated rings. The fourth-order valence-electron chi connectivity index (χ4n) is 3.64. The zero-order chi connectivity index (χ0) is 17.1. The molecule has 0 bridgehead atoms. The highest BCUT2D eigenvalue weighted by atomic mass is 16.4. The van der Waals surface area contributed by atoms with Gasteiger partial charge in [-0.3, -0.25) is 4.90 Å². The van der Waals surface area contributed by atoms with Crippen molar-refractivity contribution in [2.75, 3.05) is 31.1 Å². The molecule has 2 saturated heterocycles. The van der Waals surface area contributed by atoms with Gasteiger partial charge in [0.05, 0.1) is 12.6 Å². The van der Waals surface area contributed by atoms with Crippen LogP contribution >= 0.6 is 0 Å². The average Bonchev–Trinajstić information content (AvgIpc) is 3.11. The first-order chi connectivity index (χ1) is 12.3. The van der Waals surface area contributed by atoms with Crippen LogP contribution in [0.5, 0.6) is 0 Å². The van der Waals surface area contributed by atoms with Gasteiger partial charge in [-0.25, -0.2) is 9.97 Å². The van der Waals surface area contributed by atoms with Crippen LogP contribution in [0.3, 0.4) is 0 Å². The number of hydrogen-bond donors (Lipinski definition) is 1. The summed E-state index contributed by atoms with van der Waals surface area (Å²) in [6.45, 7) is 4.08. The molecule has 0 saturated carbocycles. The van der Waals surface area contributed by atoms with E-state index in [0.29, 0.717) is 24.9 Å². The lowest BCUT2D eigenvalue weighted by molar-refractivity contribution is 0.0621. The van der Waals surface area contributed by atoms with Crippen molar-refractivity contribution in [3.05, 3.63) is 30.2 Å². The molecule has 134 valence electrons. The first-order valence-corrected chi connectivity index (χ1v) is 9.02. The highest BCUT2D eigenvalue weighted by Gasteiger charge is 2.27. The van der Waals surface area contributed by atoms with E-state index in [1.54, 1.807) is 12.4 Å². The van der Waals surface area contributed by atoms with Crippen LogP contribution < -0.4 is 4.90 Å². The minimum absolute atomic E-state index is 0.235. The first kappa shape index (κ1) is 16.4. The third-order valence-corrected chi connectivity index (χ3v) is 5.00. The summed E-state index contributed by atoms with van der Waals surface area (Å²) in [7, 11) is 0. The monoisotopic (exact) mass is 344 g/mol. The Morgan fingerprint density at radius 3 is 2.64 bits per heavy atom. The van der Waals surface area contributed by atoms with Crippen molar-refractivity contribution in [2.24, 2.45) is 0 Å². The molecule has 2 aliphatic heterocycles. The number of likely N-dealkylation sites (tertiary alicyclic amines) is 1. The Kier molecular flexibility index (Phi) is 4.89. The van der Waals surface area contributed by atoms with E-state index >= 15 is 0 Å². The molecule has 1 atom stereocenters. The lowest BCUT2D eigenvalue weighted by Crippen LogP contribution is -2.37. The number of hydrogen-bond acceptors (Lipinski definition) is 8. The topological polar surface area (TPSA) is 91.4 Å². The Morgan fingerprint density at radius 1 is 1.08 bits per heavy atom. The number of aliphatic hydroxyl groups excluding tert-OH is 1. The van der Waals surface area contributed by atoms with Gasteiger partial charge in [0.2, 0.25) is 17.7 Å². The third-order valence-electron chi connectivity index (χ3n) is 5.00. The summed E-state index contributed by atoms with van der Waals surface area (Å²) < 4.78 is 5.91. The van der Waals surface area contributed by atoms with Gasteiger partial charge in [-0.15, -0.1) is 10.2 Å². The largest absolute Gasteiger partial charge is 0.424 e. The number of piperidine rings is 2. The second-order valence-electron chi connectivity index (χ2n) is 6.88. The maximum Gasteiger partial charge on any atom is 0.230 e. The molecule has 2 aliphatic rings. The maximum absolute atomic E-state index is 9.76. The van der Waals surface area contributed by atoms with Crippen molar-refractivity contribution in [3.63, 3.8) is 0 Å². The maximum atomic E-state index is 9.76. The number of β-amino-alcohol motifs (C(OH)–C–C–N with tert-alkyl or cyclic N) is 1. The van der Waals surface area contributed by atoms with Gasteiger partial charge in [0.15, 0.2) is 0 Å². The number of aliphatic hydroxyl groups is 1. The molecular formula is C17H24N6O2. The average molecular weight is 344 g/mol. The van der Waals surface area contributed by atoms with Crippen molar-refractivity contribution < 1.29 is 9.52 Å². The predicted octanol–water partition coefficient (Wildman–Crippen LogP) is 1.20. The molecule has 25 heavy (non-hydrogen) atoms. The van der Waals surface area contributed by atoms with Gasteiger partial charge in [-0.2, -0.15) is 0 Å². The third kappa shape index (κ3) is 3.96. The van der Waals surface area contributed by atoms with Gasteiger partial charge in [-0.1, -0.05) is 0 Å². The van der Waals surface area contributed by atoms with Gasteiger partial charge < -0.3 is 14.4 Å². The van der Waals surface area contributed by atoms with Gasteiger partial charge in [-0.05, 0) is 38.3 Å². The van der Waals surface area contributed by atoms with Crippen LogP contribution in [0.15, 0.2) is 22.9 Å². The van der Waals surface area contributed by atoms with E-state index < -0.39 is 0 Å². The van der Waals surface area contributed by atoms with Crippen LogP contribution in [0.25, 0.3) is 0 Å². The molecule has 0 radical (unpaired) electrons. The Hall–Kier alpha value is -2.06. The highest BCUT2D eigenvalue weighted by Crippen LogP contribution is 2.28. The zero-order valence-electron chi connectivity index (χ0n) is 14.3. The Balaban J connectivity index is 1.32. The SMILES string of the molecule is O[C@@H]1CCCN(Cc2nnc(C3CCN(c4ncccn4)CC3)o2)C1. The number of rotatable bonds is 4. The van der Waals surface area contributed by atoms with Crippen LogP contribution in [0.4, 0.5) is 5.95 Å². The first-order valence-electron chi connectivity index (χ1n) is 9.02. The zero-order valence-corrected chi connectivity index (χ0v) is 14.3. The fourth-order valence-corrected chi connectivity index (χ4v) is 3.64. The standard InChI is InChI=1S/C17H24N6O2/c24-14-3-1-8-22(11-14)12-15-20-21-16(25-15)13-4-9-23(10-5-13)17-18-6-2-7-19-17/h2,6-7,13-14,24H,1,3-5,8-12H2/t14-/m1/s1. The summed E-state index contributed by atoms with van der Waals surface area (Å²) in [6.07, 6.45) is 7.13. The van der Waals surface area contributed by atoms with Crippen LogP contribution in [0, 0.1) is 0 Å². The highest BCUT2D eigenvalue weighted by molar-refractivity contribution is 5.29. The summed E-state index contributed by atoms with van der Waals surface area (Å²) in [5.41, 5.74) is 0. The van der Waals surface area contributed by atoms with Gasteiger partial charge in [0, 0.05) is 37.9 Å². The smallest absolute Gasteiger partial charge is 0.230 e. The number of aromatic nitrogens is 4. The molecule has 4 rings (SSSR count). The summed E-state index contributed by atoms with van der Waals surface area (Å²) >= 11 is 0. The second kappa shape index (κ2) is 7.45. The Bertz CT molecular complexity index is 671. The molecule has 1 N–H and O–H groups in total. The molecule has 0 amide bonds. The minimum Gasteiger partial charge on any atom is -0.424 e.